The van der Waals surface area contributed by atoms with Crippen molar-refractivity contribution in [3.63, 3.8) is 0 Å². The van der Waals surface area contributed by atoms with E-state index in [9.17, 15) is 14.7 Å². The Morgan fingerprint density at radius 1 is 0.553 bits per heavy atom. The third-order valence-corrected chi connectivity index (χ3v) is 9.09. The summed E-state index contributed by atoms with van der Waals surface area (Å²) in [4.78, 5) is 26.9. The minimum atomic E-state index is -0.161. The monoisotopic (exact) mass is 664 g/mol. The van der Waals surface area contributed by atoms with Crippen LogP contribution in [0.25, 0.3) is 0 Å². The average molecular weight is 664 g/mol. The van der Waals surface area contributed by atoms with Crippen molar-refractivity contribution in [1.82, 2.24) is 4.90 Å². The van der Waals surface area contributed by atoms with Gasteiger partial charge in [-0.2, -0.15) is 0 Å². The van der Waals surface area contributed by atoms with Crippen LogP contribution in [0, 0.1) is 17.8 Å². The molecule has 0 aliphatic rings. The van der Waals surface area contributed by atoms with Gasteiger partial charge in [0.2, 0.25) is 0 Å². The topological polar surface area (TPSA) is 76.1 Å². The molecule has 0 fully saturated rings. The number of hydrogen-bond donors (Lipinski definition) is 1. The Bertz CT molecular complexity index is 746. The second-order valence-corrected chi connectivity index (χ2v) is 13.7. The summed E-state index contributed by atoms with van der Waals surface area (Å²) in [5.74, 6) is 6.40. The molecule has 0 heterocycles. The van der Waals surface area contributed by atoms with Gasteiger partial charge in [-0.25, -0.2) is 0 Å². The smallest absolute Gasteiger partial charge is 0.306 e. The summed E-state index contributed by atoms with van der Waals surface area (Å²) < 4.78 is 11.0. The fraction of sp³-hybridized carbons (Fsp3) is 0.902. The Morgan fingerprint density at radius 2 is 1.02 bits per heavy atom. The minimum absolute atomic E-state index is 0.0173. The van der Waals surface area contributed by atoms with Crippen molar-refractivity contribution in [3.8, 4) is 11.8 Å². The molecule has 6 nitrogen and oxygen atoms in total. The highest BCUT2D eigenvalue weighted by atomic mass is 16.5. The van der Waals surface area contributed by atoms with Crippen molar-refractivity contribution in [2.24, 2.45) is 5.92 Å². The van der Waals surface area contributed by atoms with Crippen LogP contribution < -0.4 is 0 Å². The number of esters is 2. The highest BCUT2D eigenvalue weighted by molar-refractivity contribution is 5.69. The Labute approximate surface area is 291 Å². The van der Waals surface area contributed by atoms with Gasteiger partial charge in [-0.1, -0.05) is 135 Å². The number of aliphatic hydroxyl groups is 1. The zero-order valence-corrected chi connectivity index (χ0v) is 31.4. The van der Waals surface area contributed by atoms with Crippen LogP contribution in [0.2, 0.25) is 0 Å². The van der Waals surface area contributed by atoms with Crippen molar-refractivity contribution in [2.45, 2.75) is 194 Å². The van der Waals surface area contributed by atoms with Crippen molar-refractivity contribution in [3.05, 3.63) is 0 Å². The Hall–Kier alpha value is -1.58. The number of rotatable bonds is 35. The normalized spacial score (nSPS) is 11.8. The average Bonchev–Trinajstić information content (AvgIpc) is 3.07. The summed E-state index contributed by atoms with van der Waals surface area (Å²) in [7, 11) is 0. The zero-order valence-electron chi connectivity index (χ0n) is 31.4. The van der Waals surface area contributed by atoms with Crippen LogP contribution >= 0.6 is 0 Å². The van der Waals surface area contributed by atoms with Gasteiger partial charge in [-0.05, 0) is 70.4 Å². The quantitative estimate of drug-likeness (QED) is 0.0413. The number of carbonyl (C=O) groups is 2. The molecule has 1 atom stereocenters. The van der Waals surface area contributed by atoms with Crippen LogP contribution in [-0.2, 0) is 19.1 Å². The maximum Gasteiger partial charge on any atom is 0.306 e. The first kappa shape index (κ1) is 45.4. The van der Waals surface area contributed by atoms with Crippen LogP contribution in [0.15, 0.2) is 0 Å². The minimum Gasteiger partial charge on any atom is -0.465 e. The lowest BCUT2D eigenvalue weighted by Gasteiger charge is -2.21. The van der Waals surface area contributed by atoms with Crippen molar-refractivity contribution in [1.29, 1.82) is 0 Å². The standard InChI is InChI=1S/C41H77NO5/c1-4-7-10-13-15-20-27-37-46-40(44)32-24-26-34-42(35-28-36-43)33-25-19-16-18-23-31-41(45)47-38-39(29-21-12-9-6-3)30-22-17-14-11-8-5-2/h39,43H,4-19,21-26,28-38H2,1-3H3. The number of unbranched alkanes of at least 4 members (excludes halogenated alkanes) is 17. The van der Waals surface area contributed by atoms with Gasteiger partial charge in [0, 0.05) is 32.4 Å². The molecule has 1 unspecified atom stereocenters. The Kier molecular flexibility index (Phi) is 36.0. The molecule has 6 heteroatoms. The SMILES string of the molecule is CCCCCCC#CCOC(=O)CCCCN(CCCO)CCCCCCCC(=O)OCC(CCCCCC)CCCCCCCC. The largest absolute Gasteiger partial charge is 0.465 e. The second-order valence-electron chi connectivity index (χ2n) is 13.7. The third kappa shape index (κ3) is 34.1. The lowest BCUT2D eigenvalue weighted by molar-refractivity contribution is -0.145. The van der Waals surface area contributed by atoms with E-state index in [4.69, 9.17) is 9.47 Å². The maximum absolute atomic E-state index is 12.5. The molecule has 0 aromatic heterocycles. The highest BCUT2D eigenvalue weighted by Gasteiger charge is 2.13. The number of aliphatic hydroxyl groups excluding tert-OH is 1. The lowest BCUT2D eigenvalue weighted by atomic mass is 9.95. The van der Waals surface area contributed by atoms with E-state index in [-0.39, 0.29) is 25.2 Å². The van der Waals surface area contributed by atoms with Gasteiger partial charge in [0.25, 0.3) is 0 Å². The molecule has 0 amide bonds. The van der Waals surface area contributed by atoms with Crippen LogP contribution in [0.4, 0.5) is 0 Å². The molecule has 0 saturated carbocycles. The highest BCUT2D eigenvalue weighted by Crippen LogP contribution is 2.20. The van der Waals surface area contributed by atoms with E-state index in [1.807, 2.05) is 0 Å². The molecule has 276 valence electrons. The fourth-order valence-electron chi connectivity index (χ4n) is 6.00. The molecule has 47 heavy (non-hydrogen) atoms. The molecule has 0 spiro atoms. The molecule has 0 aromatic rings. The van der Waals surface area contributed by atoms with Crippen LogP contribution in [0.3, 0.4) is 0 Å². The van der Waals surface area contributed by atoms with Crippen molar-refractivity contribution >= 4 is 11.9 Å². The fourth-order valence-corrected chi connectivity index (χ4v) is 6.00. The zero-order chi connectivity index (χ0) is 34.5. The molecule has 0 aliphatic heterocycles. The van der Waals surface area contributed by atoms with E-state index in [0.717, 1.165) is 83.8 Å². The predicted molar refractivity (Wildman–Crippen MR) is 198 cm³/mol. The lowest BCUT2D eigenvalue weighted by Crippen LogP contribution is -2.28. The van der Waals surface area contributed by atoms with E-state index in [0.29, 0.717) is 25.4 Å². The van der Waals surface area contributed by atoms with Gasteiger partial charge < -0.3 is 19.5 Å². The van der Waals surface area contributed by atoms with Gasteiger partial charge in [0.15, 0.2) is 6.61 Å². The molecular formula is C41H77NO5. The second kappa shape index (κ2) is 37.2. The van der Waals surface area contributed by atoms with Gasteiger partial charge in [0.05, 0.1) is 6.61 Å². The van der Waals surface area contributed by atoms with E-state index in [1.165, 1.54) is 96.3 Å². The number of carbonyl (C=O) groups excluding carboxylic acids is 2. The molecule has 0 radical (unpaired) electrons. The molecule has 0 aliphatic carbocycles. The first-order valence-corrected chi connectivity index (χ1v) is 20.2. The number of nitrogens with zero attached hydrogens (tertiary/aromatic N) is 1. The first-order chi connectivity index (χ1) is 23.1. The van der Waals surface area contributed by atoms with Crippen molar-refractivity contribution in [2.75, 3.05) is 39.5 Å². The Balaban J connectivity index is 4.05. The first-order valence-electron chi connectivity index (χ1n) is 20.2. The molecule has 0 aromatic carbocycles. The third-order valence-electron chi connectivity index (χ3n) is 9.09. The number of ether oxygens (including phenoxy) is 2. The summed E-state index contributed by atoms with van der Waals surface area (Å²) >= 11 is 0. The summed E-state index contributed by atoms with van der Waals surface area (Å²) in [6.07, 6.45) is 30.0. The van der Waals surface area contributed by atoms with Crippen LogP contribution in [0.1, 0.15) is 194 Å². The molecule has 0 saturated heterocycles. The van der Waals surface area contributed by atoms with Gasteiger partial charge in [0.1, 0.15) is 0 Å². The van der Waals surface area contributed by atoms with E-state index in [2.05, 4.69) is 37.5 Å². The summed E-state index contributed by atoms with van der Waals surface area (Å²) in [5.41, 5.74) is 0. The molecular weight excluding hydrogens is 586 g/mol. The summed E-state index contributed by atoms with van der Waals surface area (Å²) in [6.45, 7) is 10.6. The van der Waals surface area contributed by atoms with Gasteiger partial charge in [-0.15, -0.1) is 0 Å². The van der Waals surface area contributed by atoms with Gasteiger partial charge in [-0.3, -0.25) is 9.59 Å². The van der Waals surface area contributed by atoms with E-state index in [1.54, 1.807) is 0 Å². The van der Waals surface area contributed by atoms with Gasteiger partial charge >= 0.3 is 11.9 Å². The van der Waals surface area contributed by atoms with Crippen LogP contribution in [0.5, 0.6) is 0 Å². The van der Waals surface area contributed by atoms with Crippen LogP contribution in [-0.4, -0.2) is 61.4 Å². The predicted octanol–water partition coefficient (Wildman–Crippen LogP) is 10.6. The number of hydrogen-bond acceptors (Lipinski definition) is 6. The Morgan fingerprint density at radius 3 is 1.66 bits per heavy atom. The molecule has 0 rings (SSSR count). The van der Waals surface area contributed by atoms with Crippen molar-refractivity contribution < 1.29 is 24.2 Å². The summed E-state index contributed by atoms with van der Waals surface area (Å²) in [6, 6.07) is 0. The molecule has 0 bridgehead atoms. The van der Waals surface area contributed by atoms with E-state index >= 15 is 0 Å². The van der Waals surface area contributed by atoms with E-state index < -0.39 is 0 Å². The summed E-state index contributed by atoms with van der Waals surface area (Å²) in [5, 5.41) is 9.31. The maximum atomic E-state index is 12.5. The molecule has 1 N–H and O–H groups in total.